The van der Waals surface area contributed by atoms with Gasteiger partial charge in [-0.15, -0.1) is 11.8 Å². The Hall–Kier alpha value is -3.58. The summed E-state index contributed by atoms with van der Waals surface area (Å²) in [5.74, 6) is -1.38. The van der Waals surface area contributed by atoms with Gasteiger partial charge in [-0.25, -0.2) is 4.79 Å². The van der Waals surface area contributed by atoms with Crippen molar-refractivity contribution in [1.82, 2.24) is 0 Å². The van der Waals surface area contributed by atoms with Crippen LogP contribution in [0.15, 0.2) is 77.7 Å². The molecule has 3 rings (SSSR count). The van der Waals surface area contributed by atoms with Gasteiger partial charge in [-0.1, -0.05) is 17.7 Å². The topological polar surface area (TPSA) is 95.5 Å². The average molecular weight is 435 g/mol. The molecule has 1 atom stereocenters. The normalized spacial score (nSPS) is 11.4. The van der Waals surface area contributed by atoms with Crippen molar-refractivity contribution in [1.29, 1.82) is 0 Å². The van der Waals surface area contributed by atoms with Crippen LogP contribution in [0.5, 0.6) is 0 Å². The molecule has 6 nitrogen and oxygen atoms in total. The lowest BCUT2D eigenvalue weighted by molar-refractivity contribution is -0.115. The van der Waals surface area contributed by atoms with Crippen LogP contribution < -0.4 is 10.6 Å². The molecule has 0 aliphatic carbocycles. The first-order valence-electron chi connectivity index (χ1n) is 9.61. The molecule has 0 heterocycles. The highest BCUT2D eigenvalue weighted by atomic mass is 32.2. The summed E-state index contributed by atoms with van der Waals surface area (Å²) in [6.45, 7) is 3.73. The first-order chi connectivity index (χ1) is 14.8. The molecule has 0 spiro atoms. The summed E-state index contributed by atoms with van der Waals surface area (Å²) in [5, 5.41) is 14.2. The number of hydrogen-bond donors (Lipinski definition) is 3. The summed E-state index contributed by atoms with van der Waals surface area (Å²) in [5.41, 5.74) is 2.99. The van der Waals surface area contributed by atoms with Crippen molar-refractivity contribution in [3.63, 3.8) is 0 Å². The van der Waals surface area contributed by atoms with Crippen molar-refractivity contribution in [2.24, 2.45) is 0 Å². The molecule has 0 aromatic heterocycles. The predicted octanol–water partition coefficient (Wildman–Crippen LogP) is 5.06. The zero-order valence-electron chi connectivity index (χ0n) is 17.1. The molecule has 1 unspecified atom stereocenters. The molecular weight excluding hydrogens is 412 g/mol. The zero-order chi connectivity index (χ0) is 22.4. The highest BCUT2D eigenvalue weighted by Gasteiger charge is 2.15. The van der Waals surface area contributed by atoms with Gasteiger partial charge in [-0.3, -0.25) is 9.59 Å². The number of benzene rings is 3. The molecule has 0 saturated heterocycles. The summed E-state index contributed by atoms with van der Waals surface area (Å²) in [6.07, 6.45) is 0. The highest BCUT2D eigenvalue weighted by Crippen LogP contribution is 2.26. The minimum atomic E-state index is -1.01. The Morgan fingerprint density at radius 2 is 1.45 bits per heavy atom. The molecule has 3 aromatic rings. The number of anilines is 2. The molecule has 2 amide bonds. The molecule has 7 heteroatoms. The quantitative estimate of drug-likeness (QED) is 0.452. The van der Waals surface area contributed by atoms with E-state index in [0.717, 1.165) is 10.5 Å². The van der Waals surface area contributed by atoms with Gasteiger partial charge in [0.15, 0.2) is 0 Å². The van der Waals surface area contributed by atoms with Crippen LogP contribution in [-0.4, -0.2) is 28.1 Å². The van der Waals surface area contributed by atoms with Crippen molar-refractivity contribution < 1.29 is 19.5 Å². The van der Waals surface area contributed by atoms with Crippen molar-refractivity contribution in [3.8, 4) is 0 Å². The van der Waals surface area contributed by atoms with Gasteiger partial charge in [0.1, 0.15) is 0 Å². The van der Waals surface area contributed by atoms with Crippen molar-refractivity contribution in [2.75, 3.05) is 10.6 Å². The molecule has 158 valence electrons. The lowest BCUT2D eigenvalue weighted by Crippen LogP contribution is -2.22. The van der Waals surface area contributed by atoms with Gasteiger partial charge >= 0.3 is 5.97 Å². The van der Waals surface area contributed by atoms with Gasteiger partial charge in [0.25, 0.3) is 5.91 Å². The third kappa shape index (κ3) is 6.20. The van der Waals surface area contributed by atoms with E-state index in [2.05, 4.69) is 10.6 Å². The zero-order valence-corrected chi connectivity index (χ0v) is 17.9. The van der Waals surface area contributed by atoms with Crippen LogP contribution in [-0.2, 0) is 4.79 Å². The standard InChI is InChI=1S/C24H22N2O4S/c1-15-4-3-5-18(14-15)23(28)26-20-10-12-21(13-11-20)31-16(2)22(27)25-19-8-6-17(7-9-19)24(29)30/h3-14,16H,1-2H3,(H,25,27)(H,26,28)(H,29,30). The minimum absolute atomic E-state index is 0.162. The number of hydrogen-bond acceptors (Lipinski definition) is 4. The van der Waals surface area contributed by atoms with Crippen LogP contribution in [0.3, 0.4) is 0 Å². The Labute approximate surface area is 184 Å². The maximum atomic E-state index is 12.4. The summed E-state index contributed by atoms with van der Waals surface area (Å²) in [4.78, 5) is 36.6. The monoisotopic (exact) mass is 434 g/mol. The number of thioether (sulfide) groups is 1. The highest BCUT2D eigenvalue weighted by molar-refractivity contribution is 8.00. The number of carbonyl (C=O) groups excluding carboxylic acids is 2. The van der Waals surface area contributed by atoms with Gasteiger partial charge in [-0.2, -0.15) is 0 Å². The third-order valence-electron chi connectivity index (χ3n) is 4.47. The van der Waals surface area contributed by atoms with Crippen molar-refractivity contribution in [3.05, 3.63) is 89.5 Å². The summed E-state index contributed by atoms with van der Waals surface area (Å²) in [6, 6.07) is 20.7. The molecule has 0 aliphatic heterocycles. The van der Waals surface area contributed by atoms with E-state index in [-0.39, 0.29) is 22.6 Å². The fourth-order valence-electron chi connectivity index (χ4n) is 2.80. The first-order valence-corrected chi connectivity index (χ1v) is 10.5. The largest absolute Gasteiger partial charge is 0.478 e. The predicted molar refractivity (Wildman–Crippen MR) is 123 cm³/mol. The number of carboxylic acid groups (broad SMARTS) is 1. The SMILES string of the molecule is Cc1cccc(C(=O)Nc2ccc(SC(C)C(=O)Nc3ccc(C(=O)O)cc3)cc2)c1. The molecule has 0 aliphatic rings. The number of carbonyl (C=O) groups is 3. The minimum Gasteiger partial charge on any atom is -0.478 e. The summed E-state index contributed by atoms with van der Waals surface area (Å²) < 4.78 is 0. The second-order valence-electron chi connectivity index (χ2n) is 6.98. The van der Waals surface area contributed by atoms with E-state index in [9.17, 15) is 14.4 Å². The Morgan fingerprint density at radius 1 is 0.839 bits per heavy atom. The van der Waals surface area contributed by atoms with Gasteiger partial charge in [-0.05, 0) is 74.5 Å². The Morgan fingerprint density at radius 3 is 2.06 bits per heavy atom. The maximum Gasteiger partial charge on any atom is 0.335 e. The molecule has 0 bridgehead atoms. The van der Waals surface area contributed by atoms with Gasteiger partial charge in [0.2, 0.25) is 5.91 Å². The van der Waals surface area contributed by atoms with Gasteiger partial charge in [0, 0.05) is 21.8 Å². The molecule has 0 radical (unpaired) electrons. The van der Waals surface area contributed by atoms with E-state index in [1.54, 1.807) is 37.3 Å². The van der Waals surface area contributed by atoms with Crippen molar-refractivity contribution in [2.45, 2.75) is 24.0 Å². The van der Waals surface area contributed by atoms with E-state index in [0.29, 0.717) is 16.9 Å². The molecule has 0 saturated carbocycles. The lowest BCUT2D eigenvalue weighted by atomic mass is 10.1. The maximum absolute atomic E-state index is 12.4. The Bertz CT molecular complexity index is 1100. The first kappa shape index (κ1) is 22.1. The number of carboxylic acids is 1. The third-order valence-corrected chi connectivity index (χ3v) is 5.59. The second kappa shape index (κ2) is 9.95. The van der Waals surface area contributed by atoms with E-state index < -0.39 is 5.97 Å². The number of rotatable bonds is 7. The molecule has 31 heavy (non-hydrogen) atoms. The van der Waals surface area contributed by atoms with Crippen molar-refractivity contribution >= 4 is 40.9 Å². The van der Waals surface area contributed by atoms with Crippen LogP contribution in [0.2, 0.25) is 0 Å². The van der Waals surface area contributed by atoms with Crippen LogP contribution in [0, 0.1) is 6.92 Å². The van der Waals surface area contributed by atoms with Crippen LogP contribution in [0.1, 0.15) is 33.2 Å². The fraction of sp³-hybridized carbons (Fsp3) is 0.125. The van der Waals surface area contributed by atoms with Crippen LogP contribution >= 0.6 is 11.8 Å². The Kier molecular flexibility index (Phi) is 7.10. The average Bonchev–Trinajstić information content (AvgIpc) is 2.75. The number of aryl methyl sites for hydroxylation is 1. The second-order valence-corrected chi connectivity index (χ2v) is 8.39. The van der Waals surface area contributed by atoms with E-state index in [1.807, 2.05) is 37.3 Å². The molecule has 0 fully saturated rings. The van der Waals surface area contributed by atoms with Gasteiger partial charge in [0.05, 0.1) is 10.8 Å². The number of nitrogens with one attached hydrogen (secondary N) is 2. The van der Waals surface area contributed by atoms with E-state index in [1.165, 1.54) is 23.9 Å². The number of aromatic carboxylic acids is 1. The Balaban J connectivity index is 1.55. The lowest BCUT2D eigenvalue weighted by Gasteiger charge is -2.13. The van der Waals surface area contributed by atoms with E-state index in [4.69, 9.17) is 5.11 Å². The van der Waals surface area contributed by atoms with Gasteiger partial charge < -0.3 is 15.7 Å². The molecule has 3 aromatic carbocycles. The van der Waals surface area contributed by atoms with Crippen LogP contribution in [0.4, 0.5) is 11.4 Å². The summed E-state index contributed by atoms with van der Waals surface area (Å²) >= 11 is 1.39. The summed E-state index contributed by atoms with van der Waals surface area (Å²) in [7, 11) is 0. The number of amides is 2. The fourth-order valence-corrected chi connectivity index (χ4v) is 3.67. The molecule has 3 N–H and O–H groups in total. The van der Waals surface area contributed by atoms with Crippen LogP contribution in [0.25, 0.3) is 0 Å². The van der Waals surface area contributed by atoms with E-state index >= 15 is 0 Å². The molecular formula is C24H22N2O4S. The smallest absolute Gasteiger partial charge is 0.335 e.